The molecular formula is C10H18N2O4. The molecule has 0 bridgehead atoms. The number of hydrogen-bond acceptors (Lipinski definition) is 5. The first-order valence-electron chi connectivity index (χ1n) is 5.00. The van der Waals surface area contributed by atoms with Gasteiger partial charge in [-0.3, -0.25) is 4.79 Å². The number of aliphatic hydroxyl groups is 3. The van der Waals surface area contributed by atoms with Crippen molar-refractivity contribution in [3.05, 3.63) is 0 Å². The minimum absolute atomic E-state index is 0.182. The first-order chi connectivity index (χ1) is 7.46. The lowest BCUT2D eigenvalue weighted by Crippen LogP contribution is -2.58. The summed E-state index contributed by atoms with van der Waals surface area (Å²) in [6, 6.07) is 1.84. The van der Waals surface area contributed by atoms with Crippen LogP contribution in [0.15, 0.2) is 0 Å². The molecule has 1 amide bonds. The van der Waals surface area contributed by atoms with Crippen LogP contribution in [-0.4, -0.2) is 46.6 Å². The van der Waals surface area contributed by atoms with Crippen molar-refractivity contribution in [1.29, 1.82) is 5.26 Å². The van der Waals surface area contributed by atoms with E-state index in [1.165, 1.54) is 0 Å². The number of amides is 1. The molecule has 6 heteroatoms. The number of rotatable bonds is 6. The summed E-state index contributed by atoms with van der Waals surface area (Å²) < 4.78 is 0. The van der Waals surface area contributed by atoms with Crippen LogP contribution in [0, 0.1) is 23.2 Å². The Bertz CT molecular complexity index is 260. The molecule has 0 radical (unpaired) electrons. The van der Waals surface area contributed by atoms with Crippen molar-refractivity contribution in [2.24, 2.45) is 11.8 Å². The van der Waals surface area contributed by atoms with Crippen molar-refractivity contribution < 1.29 is 20.1 Å². The molecule has 92 valence electrons. The Hall–Kier alpha value is -1.16. The largest absolute Gasteiger partial charge is 0.394 e. The lowest BCUT2D eigenvalue weighted by Gasteiger charge is -2.30. The Morgan fingerprint density at radius 3 is 2.00 bits per heavy atom. The van der Waals surface area contributed by atoms with Crippen molar-refractivity contribution in [2.75, 3.05) is 19.8 Å². The molecule has 0 aliphatic carbocycles. The maximum Gasteiger partial charge on any atom is 0.238 e. The van der Waals surface area contributed by atoms with Crippen LogP contribution in [0.5, 0.6) is 0 Å². The van der Waals surface area contributed by atoms with Crippen LogP contribution in [0.4, 0.5) is 0 Å². The smallest absolute Gasteiger partial charge is 0.238 e. The SMILES string of the molecule is CC(C)C(C#N)C(=O)NC(CO)(CO)CO. The van der Waals surface area contributed by atoms with E-state index in [2.05, 4.69) is 5.32 Å². The molecule has 0 fully saturated rings. The van der Waals surface area contributed by atoms with Crippen molar-refractivity contribution >= 4 is 5.91 Å². The number of nitrogens with one attached hydrogen (secondary N) is 1. The molecule has 0 saturated heterocycles. The average Bonchev–Trinajstić information content (AvgIpc) is 2.26. The van der Waals surface area contributed by atoms with E-state index in [1.54, 1.807) is 13.8 Å². The van der Waals surface area contributed by atoms with Crippen LogP contribution in [0.25, 0.3) is 0 Å². The van der Waals surface area contributed by atoms with Gasteiger partial charge in [-0.1, -0.05) is 13.8 Å². The Labute approximate surface area is 94.5 Å². The van der Waals surface area contributed by atoms with Gasteiger partial charge in [-0.05, 0) is 5.92 Å². The summed E-state index contributed by atoms with van der Waals surface area (Å²) >= 11 is 0. The topological polar surface area (TPSA) is 114 Å². The molecule has 0 heterocycles. The summed E-state index contributed by atoms with van der Waals surface area (Å²) in [7, 11) is 0. The Morgan fingerprint density at radius 2 is 1.75 bits per heavy atom. The summed E-state index contributed by atoms with van der Waals surface area (Å²) in [6.45, 7) is 1.64. The molecule has 4 N–H and O–H groups in total. The van der Waals surface area contributed by atoms with Gasteiger partial charge in [0.05, 0.1) is 25.9 Å². The van der Waals surface area contributed by atoms with Gasteiger partial charge in [-0.2, -0.15) is 5.26 Å². The number of hydrogen-bond donors (Lipinski definition) is 4. The first-order valence-corrected chi connectivity index (χ1v) is 5.00. The number of carbonyl (C=O) groups excluding carboxylic acids is 1. The predicted molar refractivity (Wildman–Crippen MR) is 56.1 cm³/mol. The van der Waals surface area contributed by atoms with Crippen LogP contribution in [0.1, 0.15) is 13.8 Å². The van der Waals surface area contributed by atoms with E-state index in [0.29, 0.717) is 0 Å². The molecule has 1 atom stereocenters. The van der Waals surface area contributed by atoms with Gasteiger partial charge >= 0.3 is 0 Å². The Kier molecular flexibility index (Phi) is 5.96. The Balaban J connectivity index is 4.70. The summed E-state index contributed by atoms with van der Waals surface area (Å²) in [5.74, 6) is -1.66. The number of aliphatic hydroxyl groups excluding tert-OH is 3. The van der Waals surface area contributed by atoms with E-state index < -0.39 is 37.2 Å². The zero-order valence-electron chi connectivity index (χ0n) is 9.47. The van der Waals surface area contributed by atoms with Gasteiger partial charge in [-0.15, -0.1) is 0 Å². The molecule has 0 aliphatic rings. The third-order valence-corrected chi connectivity index (χ3v) is 2.38. The van der Waals surface area contributed by atoms with Crippen LogP contribution >= 0.6 is 0 Å². The summed E-state index contributed by atoms with van der Waals surface area (Å²) in [5.41, 5.74) is -1.47. The van der Waals surface area contributed by atoms with Gasteiger partial charge in [0.2, 0.25) is 5.91 Å². The fourth-order valence-corrected chi connectivity index (χ4v) is 1.12. The van der Waals surface area contributed by atoms with Crippen LogP contribution in [0.2, 0.25) is 0 Å². The highest BCUT2D eigenvalue weighted by Gasteiger charge is 2.33. The average molecular weight is 230 g/mol. The zero-order valence-corrected chi connectivity index (χ0v) is 9.47. The van der Waals surface area contributed by atoms with E-state index in [9.17, 15) is 4.79 Å². The van der Waals surface area contributed by atoms with Crippen LogP contribution in [0.3, 0.4) is 0 Å². The number of carbonyl (C=O) groups is 1. The molecule has 0 spiro atoms. The van der Waals surface area contributed by atoms with E-state index in [1.807, 2.05) is 6.07 Å². The van der Waals surface area contributed by atoms with Gasteiger partial charge in [0.1, 0.15) is 11.5 Å². The molecule has 6 nitrogen and oxygen atoms in total. The fraction of sp³-hybridized carbons (Fsp3) is 0.800. The van der Waals surface area contributed by atoms with Gasteiger partial charge in [-0.25, -0.2) is 0 Å². The van der Waals surface area contributed by atoms with Crippen LogP contribution < -0.4 is 5.32 Å². The van der Waals surface area contributed by atoms with Gasteiger partial charge in [0.25, 0.3) is 0 Å². The maximum atomic E-state index is 11.6. The van der Waals surface area contributed by atoms with E-state index in [-0.39, 0.29) is 5.92 Å². The minimum atomic E-state index is -1.47. The lowest BCUT2D eigenvalue weighted by atomic mass is 9.94. The zero-order chi connectivity index (χ0) is 12.8. The standard InChI is InChI=1S/C10H18N2O4/c1-7(2)8(3-11)9(16)12-10(4-13,5-14)6-15/h7-8,13-15H,4-6H2,1-2H3,(H,12,16). The molecule has 0 aromatic rings. The molecular weight excluding hydrogens is 212 g/mol. The molecule has 0 aromatic carbocycles. The molecule has 0 saturated carbocycles. The van der Waals surface area contributed by atoms with E-state index in [4.69, 9.17) is 20.6 Å². The normalized spacial score (nSPS) is 13.3. The second kappa shape index (κ2) is 6.43. The van der Waals surface area contributed by atoms with Crippen molar-refractivity contribution in [1.82, 2.24) is 5.32 Å². The summed E-state index contributed by atoms with van der Waals surface area (Å²) in [5, 5.41) is 38.1. The lowest BCUT2D eigenvalue weighted by molar-refractivity contribution is -0.128. The monoisotopic (exact) mass is 230 g/mol. The fourth-order valence-electron chi connectivity index (χ4n) is 1.12. The molecule has 0 rings (SSSR count). The van der Waals surface area contributed by atoms with Crippen molar-refractivity contribution in [2.45, 2.75) is 19.4 Å². The third-order valence-electron chi connectivity index (χ3n) is 2.38. The minimum Gasteiger partial charge on any atom is -0.394 e. The molecule has 0 aliphatic heterocycles. The van der Waals surface area contributed by atoms with Crippen molar-refractivity contribution in [3.63, 3.8) is 0 Å². The second-order valence-corrected chi connectivity index (χ2v) is 4.09. The van der Waals surface area contributed by atoms with Gasteiger partial charge < -0.3 is 20.6 Å². The van der Waals surface area contributed by atoms with E-state index >= 15 is 0 Å². The highest BCUT2D eigenvalue weighted by Crippen LogP contribution is 2.12. The van der Waals surface area contributed by atoms with Crippen molar-refractivity contribution in [3.8, 4) is 6.07 Å². The molecule has 1 unspecified atom stereocenters. The number of nitrogens with zero attached hydrogens (tertiary/aromatic N) is 1. The van der Waals surface area contributed by atoms with Gasteiger partial charge in [0, 0.05) is 0 Å². The maximum absolute atomic E-state index is 11.6. The predicted octanol–water partition coefficient (Wildman–Crippen LogP) is -1.39. The second-order valence-electron chi connectivity index (χ2n) is 4.09. The van der Waals surface area contributed by atoms with Gasteiger partial charge in [0.15, 0.2) is 0 Å². The third kappa shape index (κ3) is 3.45. The van der Waals surface area contributed by atoms with E-state index in [0.717, 1.165) is 0 Å². The highest BCUT2D eigenvalue weighted by atomic mass is 16.3. The molecule has 16 heavy (non-hydrogen) atoms. The summed E-state index contributed by atoms with van der Waals surface area (Å²) in [4.78, 5) is 11.6. The summed E-state index contributed by atoms with van der Waals surface area (Å²) in [6.07, 6.45) is 0. The number of nitriles is 1. The Morgan fingerprint density at radius 1 is 1.31 bits per heavy atom. The highest BCUT2D eigenvalue weighted by molar-refractivity contribution is 5.82. The van der Waals surface area contributed by atoms with Crippen LogP contribution in [-0.2, 0) is 4.79 Å². The first kappa shape index (κ1) is 14.8. The quantitative estimate of drug-likeness (QED) is 0.449. The molecule has 0 aromatic heterocycles.